The standard InChI is InChI=1S/C15H20BrNO3.Na/c1-15(2,3)20-14(19)17-7-6-10(9-17)12-5-4-11(16)8-13(12)18;/h4-5,8,10,18H,6-7,9H2,1-3H3;/t10-;/m1./s1. The van der Waals surface area contributed by atoms with Crippen molar-refractivity contribution < 1.29 is 14.6 Å². The zero-order chi connectivity index (χ0) is 14.9. The minimum Gasteiger partial charge on any atom is -0.508 e. The van der Waals surface area contributed by atoms with Crippen molar-refractivity contribution in [1.29, 1.82) is 0 Å². The van der Waals surface area contributed by atoms with Gasteiger partial charge >= 0.3 is 6.09 Å². The summed E-state index contributed by atoms with van der Waals surface area (Å²) in [7, 11) is 0. The Morgan fingerprint density at radius 3 is 2.67 bits per heavy atom. The number of phenols is 1. The van der Waals surface area contributed by atoms with Crippen LogP contribution in [0.2, 0.25) is 0 Å². The van der Waals surface area contributed by atoms with Crippen LogP contribution in [0.3, 0.4) is 0 Å². The molecule has 111 valence electrons. The number of hydrogen-bond donors (Lipinski definition) is 1. The van der Waals surface area contributed by atoms with Gasteiger partial charge in [-0.1, -0.05) is 22.0 Å². The van der Waals surface area contributed by atoms with Crippen LogP contribution in [-0.2, 0) is 4.74 Å². The van der Waals surface area contributed by atoms with Crippen LogP contribution in [0.1, 0.15) is 38.7 Å². The second kappa shape index (κ2) is 7.36. The van der Waals surface area contributed by atoms with E-state index in [1.807, 2.05) is 32.9 Å². The minimum absolute atomic E-state index is 0. The van der Waals surface area contributed by atoms with Crippen LogP contribution in [-0.4, -0.2) is 64.3 Å². The molecular formula is C15H20BrNNaO3. The zero-order valence-electron chi connectivity index (χ0n) is 13.0. The van der Waals surface area contributed by atoms with E-state index in [-0.39, 0.29) is 47.3 Å². The summed E-state index contributed by atoms with van der Waals surface area (Å²) in [5.74, 6) is 0.436. The molecule has 6 heteroatoms. The average Bonchev–Trinajstić information content (AvgIpc) is 2.75. The van der Waals surface area contributed by atoms with E-state index in [0.717, 1.165) is 16.5 Å². The van der Waals surface area contributed by atoms with E-state index in [4.69, 9.17) is 4.74 Å². The first-order valence-corrected chi connectivity index (χ1v) is 7.52. The van der Waals surface area contributed by atoms with Crippen LogP contribution < -0.4 is 0 Å². The van der Waals surface area contributed by atoms with Crippen LogP contribution in [0, 0.1) is 0 Å². The first-order chi connectivity index (χ1) is 9.26. The molecule has 0 bridgehead atoms. The van der Waals surface area contributed by atoms with Crippen LogP contribution in [0.25, 0.3) is 0 Å². The number of phenolic OH excluding ortho intramolecular Hbond substituents is 1. The number of nitrogens with zero attached hydrogens (tertiary/aromatic N) is 1. The zero-order valence-corrected chi connectivity index (χ0v) is 16.6. The summed E-state index contributed by atoms with van der Waals surface area (Å²) in [6.07, 6.45) is 0.561. The van der Waals surface area contributed by atoms with E-state index in [2.05, 4.69) is 15.9 Å². The molecule has 0 unspecified atom stereocenters. The summed E-state index contributed by atoms with van der Waals surface area (Å²) in [4.78, 5) is 13.7. The molecule has 1 aromatic rings. The first kappa shape index (κ1) is 18.8. The molecule has 0 aliphatic carbocycles. The fourth-order valence-corrected chi connectivity index (χ4v) is 2.72. The number of ether oxygens (including phenoxy) is 1. The van der Waals surface area contributed by atoms with Crippen molar-refractivity contribution >= 4 is 51.6 Å². The normalized spacial score (nSPS) is 18.3. The summed E-state index contributed by atoms with van der Waals surface area (Å²) in [6.45, 7) is 6.83. The molecule has 1 aromatic carbocycles. The molecule has 21 heavy (non-hydrogen) atoms. The van der Waals surface area contributed by atoms with Gasteiger partial charge in [0.05, 0.1) is 0 Å². The Kier molecular flexibility index (Phi) is 6.59. The molecule has 2 rings (SSSR count). The van der Waals surface area contributed by atoms with Gasteiger partial charge < -0.3 is 14.7 Å². The number of amides is 1. The van der Waals surface area contributed by atoms with Gasteiger partial charge in [-0.05, 0) is 44.9 Å². The fourth-order valence-electron chi connectivity index (χ4n) is 2.37. The first-order valence-electron chi connectivity index (χ1n) is 6.72. The van der Waals surface area contributed by atoms with Gasteiger partial charge in [0.25, 0.3) is 0 Å². The third kappa shape index (κ3) is 5.16. The van der Waals surface area contributed by atoms with Crippen molar-refractivity contribution in [2.45, 2.75) is 38.7 Å². The predicted octanol–water partition coefficient (Wildman–Crippen LogP) is 3.50. The van der Waals surface area contributed by atoms with Gasteiger partial charge in [0.1, 0.15) is 11.4 Å². The molecule has 0 aromatic heterocycles. The molecule has 1 saturated heterocycles. The molecule has 1 amide bonds. The summed E-state index contributed by atoms with van der Waals surface area (Å²) in [6, 6.07) is 5.50. The van der Waals surface area contributed by atoms with Gasteiger partial charge in [0.2, 0.25) is 0 Å². The van der Waals surface area contributed by atoms with E-state index < -0.39 is 5.60 Å². The maximum absolute atomic E-state index is 12.0. The number of aromatic hydroxyl groups is 1. The van der Waals surface area contributed by atoms with E-state index in [1.165, 1.54) is 0 Å². The average molecular weight is 365 g/mol. The van der Waals surface area contributed by atoms with Crippen molar-refractivity contribution in [2.75, 3.05) is 13.1 Å². The molecule has 1 aliphatic rings. The van der Waals surface area contributed by atoms with Gasteiger partial charge in [-0.25, -0.2) is 4.79 Å². The monoisotopic (exact) mass is 364 g/mol. The summed E-state index contributed by atoms with van der Waals surface area (Å²) >= 11 is 3.33. The van der Waals surface area contributed by atoms with Crippen molar-refractivity contribution in [3.05, 3.63) is 28.2 Å². The van der Waals surface area contributed by atoms with Crippen LogP contribution >= 0.6 is 15.9 Å². The van der Waals surface area contributed by atoms with Crippen molar-refractivity contribution in [1.82, 2.24) is 4.90 Å². The third-order valence-corrected chi connectivity index (χ3v) is 3.77. The van der Waals surface area contributed by atoms with Crippen molar-refractivity contribution in [2.24, 2.45) is 0 Å². The van der Waals surface area contributed by atoms with E-state index in [0.29, 0.717) is 13.1 Å². The maximum Gasteiger partial charge on any atom is 0.410 e. The van der Waals surface area contributed by atoms with Crippen molar-refractivity contribution in [3.8, 4) is 5.75 Å². The quantitative estimate of drug-likeness (QED) is 0.775. The van der Waals surface area contributed by atoms with Crippen molar-refractivity contribution in [3.63, 3.8) is 0 Å². The Hall–Kier alpha value is -0.230. The molecular weight excluding hydrogens is 345 g/mol. The summed E-state index contributed by atoms with van der Waals surface area (Å²) in [5.41, 5.74) is 0.411. The SMILES string of the molecule is CC(C)(C)OC(=O)N1CC[C@@H](c2ccc(Br)cc2O)C1.[Na]. The second-order valence-electron chi connectivity index (χ2n) is 6.12. The number of carbonyl (C=O) groups is 1. The molecule has 4 nitrogen and oxygen atoms in total. The maximum atomic E-state index is 12.0. The number of hydrogen-bond acceptors (Lipinski definition) is 3. The number of benzene rings is 1. The fraction of sp³-hybridized carbons (Fsp3) is 0.533. The number of carbonyl (C=O) groups excluding carboxylic acids is 1. The second-order valence-corrected chi connectivity index (χ2v) is 7.03. The third-order valence-electron chi connectivity index (χ3n) is 3.27. The molecule has 1 atom stereocenters. The Morgan fingerprint density at radius 2 is 2.10 bits per heavy atom. The van der Waals surface area contributed by atoms with E-state index in [1.54, 1.807) is 11.0 Å². The Morgan fingerprint density at radius 1 is 1.43 bits per heavy atom. The molecule has 1 heterocycles. The van der Waals surface area contributed by atoms with E-state index >= 15 is 0 Å². The summed E-state index contributed by atoms with van der Waals surface area (Å²) < 4.78 is 6.22. The Balaban J connectivity index is 0.00000220. The van der Waals surface area contributed by atoms with E-state index in [9.17, 15) is 9.90 Å². The Labute approximate surface area is 156 Å². The number of rotatable bonds is 1. The largest absolute Gasteiger partial charge is 0.508 e. The predicted molar refractivity (Wildman–Crippen MR) is 86.7 cm³/mol. The molecule has 1 N–H and O–H groups in total. The van der Waals surface area contributed by atoms with Gasteiger partial charge in [-0.2, -0.15) is 0 Å². The molecule has 1 radical (unpaired) electrons. The van der Waals surface area contributed by atoms with Gasteiger partial charge in [0.15, 0.2) is 0 Å². The number of likely N-dealkylation sites (tertiary alicyclic amines) is 1. The molecule has 0 spiro atoms. The van der Waals surface area contributed by atoms with Gasteiger partial charge in [0, 0.05) is 53.0 Å². The van der Waals surface area contributed by atoms with Gasteiger partial charge in [-0.3, -0.25) is 0 Å². The molecule has 1 aliphatic heterocycles. The van der Waals surface area contributed by atoms with Crippen LogP contribution in [0.15, 0.2) is 22.7 Å². The van der Waals surface area contributed by atoms with Crippen LogP contribution in [0.5, 0.6) is 5.75 Å². The Bertz CT molecular complexity index is 516. The molecule has 1 fully saturated rings. The van der Waals surface area contributed by atoms with Crippen LogP contribution in [0.4, 0.5) is 4.79 Å². The topological polar surface area (TPSA) is 49.8 Å². The summed E-state index contributed by atoms with van der Waals surface area (Å²) in [5, 5.41) is 10.00. The number of halogens is 1. The van der Waals surface area contributed by atoms with Gasteiger partial charge in [-0.15, -0.1) is 0 Å². The molecule has 0 saturated carbocycles. The minimum atomic E-state index is -0.477. The smallest absolute Gasteiger partial charge is 0.410 e.